The van der Waals surface area contributed by atoms with Gasteiger partial charge >= 0.3 is 0 Å². The Morgan fingerprint density at radius 3 is 2.60 bits per heavy atom. The predicted octanol–water partition coefficient (Wildman–Crippen LogP) is 2.84. The first-order valence-corrected chi connectivity index (χ1v) is 6.68. The van der Waals surface area contributed by atoms with Gasteiger partial charge in [0.2, 0.25) is 5.91 Å². The maximum atomic E-state index is 11.3. The fourth-order valence-corrected chi connectivity index (χ4v) is 2.33. The smallest absolute Gasteiger partial charge is 0.228 e. The number of carbonyl (C=O) groups is 1. The quantitative estimate of drug-likeness (QED) is 0.798. The summed E-state index contributed by atoms with van der Waals surface area (Å²) in [6.45, 7) is 0.768. The highest BCUT2D eigenvalue weighted by Gasteiger charge is 2.17. The van der Waals surface area contributed by atoms with Crippen molar-refractivity contribution in [2.24, 2.45) is 0 Å². The van der Waals surface area contributed by atoms with Crippen LogP contribution in [0, 0.1) is 0 Å². The van der Waals surface area contributed by atoms with Crippen molar-refractivity contribution >= 4 is 23.0 Å². The highest BCUT2D eigenvalue weighted by Crippen LogP contribution is 2.26. The predicted molar refractivity (Wildman–Crippen MR) is 82.1 cm³/mol. The Bertz CT molecular complexity index is 635. The van der Waals surface area contributed by atoms with Crippen LogP contribution in [0.25, 0.3) is 0 Å². The maximum Gasteiger partial charge on any atom is 0.228 e. The van der Waals surface area contributed by atoms with Gasteiger partial charge in [-0.25, -0.2) is 0 Å². The van der Waals surface area contributed by atoms with Crippen molar-refractivity contribution in [2.45, 2.75) is 13.0 Å². The van der Waals surface area contributed by atoms with Crippen LogP contribution in [-0.2, 0) is 17.8 Å². The molecule has 4 heteroatoms. The zero-order valence-electron chi connectivity index (χ0n) is 11.4. The molecule has 0 saturated heterocycles. The van der Waals surface area contributed by atoms with Gasteiger partial charge in [-0.2, -0.15) is 0 Å². The second-order valence-corrected chi connectivity index (χ2v) is 4.90. The molecule has 2 aromatic rings. The molecular weight excluding hydrogens is 250 g/mol. The van der Waals surface area contributed by atoms with E-state index in [-0.39, 0.29) is 5.91 Å². The molecule has 0 atom stereocenters. The van der Waals surface area contributed by atoms with Crippen molar-refractivity contribution in [3.05, 3.63) is 53.6 Å². The SMILES string of the molecule is CNc1ccc(CNc2ccc3c(c2)CC(=O)N3)cc1. The molecule has 0 radical (unpaired) electrons. The fourth-order valence-electron chi connectivity index (χ4n) is 2.33. The van der Waals surface area contributed by atoms with E-state index in [1.807, 2.05) is 25.2 Å². The van der Waals surface area contributed by atoms with Crippen LogP contribution < -0.4 is 16.0 Å². The topological polar surface area (TPSA) is 53.2 Å². The Hall–Kier alpha value is -2.49. The van der Waals surface area contributed by atoms with E-state index >= 15 is 0 Å². The highest BCUT2D eigenvalue weighted by atomic mass is 16.1. The first-order valence-electron chi connectivity index (χ1n) is 6.68. The molecular formula is C16H17N3O. The lowest BCUT2D eigenvalue weighted by atomic mass is 10.1. The van der Waals surface area contributed by atoms with Gasteiger partial charge in [-0.1, -0.05) is 12.1 Å². The van der Waals surface area contributed by atoms with E-state index in [0.29, 0.717) is 6.42 Å². The molecule has 2 aromatic carbocycles. The minimum absolute atomic E-state index is 0.0693. The average molecular weight is 267 g/mol. The molecule has 1 aliphatic heterocycles. The molecule has 0 fully saturated rings. The van der Waals surface area contributed by atoms with Crippen LogP contribution in [0.2, 0.25) is 0 Å². The zero-order chi connectivity index (χ0) is 13.9. The van der Waals surface area contributed by atoms with E-state index < -0.39 is 0 Å². The van der Waals surface area contributed by atoms with Crippen LogP contribution in [0.1, 0.15) is 11.1 Å². The lowest BCUT2D eigenvalue weighted by molar-refractivity contribution is -0.115. The first kappa shape index (κ1) is 12.5. The van der Waals surface area contributed by atoms with Crippen molar-refractivity contribution in [1.82, 2.24) is 0 Å². The number of carbonyl (C=O) groups excluding carboxylic acids is 1. The maximum absolute atomic E-state index is 11.3. The monoisotopic (exact) mass is 267 g/mol. The van der Waals surface area contributed by atoms with Crippen LogP contribution in [0.3, 0.4) is 0 Å². The van der Waals surface area contributed by atoms with E-state index in [2.05, 4.69) is 40.2 Å². The third-order valence-corrected chi connectivity index (χ3v) is 3.47. The first-order chi connectivity index (χ1) is 9.74. The van der Waals surface area contributed by atoms with Crippen molar-refractivity contribution in [3.63, 3.8) is 0 Å². The molecule has 0 aliphatic carbocycles. The van der Waals surface area contributed by atoms with E-state index in [4.69, 9.17) is 0 Å². The fraction of sp³-hybridized carbons (Fsp3) is 0.188. The summed E-state index contributed by atoms with van der Waals surface area (Å²) in [5.41, 5.74) is 5.36. The van der Waals surface area contributed by atoms with Gasteiger partial charge < -0.3 is 16.0 Å². The van der Waals surface area contributed by atoms with E-state index in [9.17, 15) is 4.79 Å². The summed E-state index contributed by atoms with van der Waals surface area (Å²) in [4.78, 5) is 11.3. The molecule has 102 valence electrons. The van der Waals surface area contributed by atoms with Gasteiger partial charge in [-0.15, -0.1) is 0 Å². The van der Waals surface area contributed by atoms with Gasteiger partial charge in [-0.05, 0) is 41.5 Å². The van der Waals surface area contributed by atoms with Gasteiger partial charge in [0.05, 0.1) is 6.42 Å². The molecule has 3 N–H and O–H groups in total. The van der Waals surface area contributed by atoms with Crippen LogP contribution in [0.15, 0.2) is 42.5 Å². The summed E-state index contributed by atoms with van der Waals surface area (Å²) in [5, 5.41) is 9.32. The molecule has 1 heterocycles. The van der Waals surface area contributed by atoms with Crippen molar-refractivity contribution < 1.29 is 4.79 Å². The number of nitrogens with one attached hydrogen (secondary N) is 3. The third kappa shape index (κ3) is 2.59. The molecule has 0 aromatic heterocycles. The van der Waals surface area contributed by atoms with Crippen LogP contribution in [0.4, 0.5) is 17.1 Å². The molecule has 0 spiro atoms. The number of amides is 1. The molecule has 3 rings (SSSR count). The summed E-state index contributed by atoms with van der Waals surface area (Å²) >= 11 is 0. The van der Waals surface area contributed by atoms with Crippen LogP contribution in [-0.4, -0.2) is 13.0 Å². The van der Waals surface area contributed by atoms with Crippen LogP contribution in [0.5, 0.6) is 0 Å². The molecule has 1 aliphatic rings. The number of fused-ring (bicyclic) bond motifs is 1. The van der Waals surface area contributed by atoms with Gasteiger partial charge in [0.15, 0.2) is 0 Å². The second kappa shape index (κ2) is 5.25. The standard InChI is InChI=1S/C16H17N3O/c1-17-13-4-2-11(3-5-13)10-18-14-6-7-15-12(8-14)9-16(20)19-15/h2-8,17-18H,9-10H2,1H3,(H,19,20). The van der Waals surface area contributed by atoms with Crippen molar-refractivity contribution in [1.29, 1.82) is 0 Å². The zero-order valence-corrected chi connectivity index (χ0v) is 11.4. The number of hydrogen-bond acceptors (Lipinski definition) is 3. The Kier molecular flexibility index (Phi) is 3.29. The normalized spacial score (nSPS) is 12.8. The van der Waals surface area contributed by atoms with Gasteiger partial charge in [0, 0.05) is 30.7 Å². The number of hydrogen-bond donors (Lipinski definition) is 3. The Morgan fingerprint density at radius 1 is 1.10 bits per heavy atom. The third-order valence-electron chi connectivity index (χ3n) is 3.47. The van der Waals surface area contributed by atoms with Crippen LogP contribution >= 0.6 is 0 Å². The van der Waals surface area contributed by atoms with Gasteiger partial charge in [-0.3, -0.25) is 4.79 Å². The van der Waals surface area contributed by atoms with E-state index in [1.54, 1.807) is 0 Å². The summed E-state index contributed by atoms with van der Waals surface area (Å²) in [6, 6.07) is 14.3. The Morgan fingerprint density at radius 2 is 1.85 bits per heavy atom. The Labute approximate surface area is 118 Å². The van der Waals surface area contributed by atoms with Crippen molar-refractivity contribution in [2.75, 3.05) is 23.0 Å². The second-order valence-electron chi connectivity index (χ2n) is 4.90. The molecule has 0 bridgehead atoms. The summed E-state index contributed by atoms with van der Waals surface area (Å²) < 4.78 is 0. The average Bonchev–Trinajstić information content (AvgIpc) is 2.85. The van der Waals surface area contributed by atoms with E-state index in [0.717, 1.165) is 29.2 Å². The van der Waals surface area contributed by atoms with E-state index in [1.165, 1.54) is 5.56 Å². The number of anilines is 3. The van der Waals surface area contributed by atoms with Gasteiger partial charge in [0.1, 0.15) is 0 Å². The molecule has 1 amide bonds. The molecule has 0 saturated carbocycles. The minimum atomic E-state index is 0.0693. The lowest BCUT2D eigenvalue weighted by Gasteiger charge is -2.09. The minimum Gasteiger partial charge on any atom is -0.388 e. The molecule has 20 heavy (non-hydrogen) atoms. The number of benzene rings is 2. The summed E-state index contributed by atoms with van der Waals surface area (Å²) in [5.74, 6) is 0.0693. The number of rotatable bonds is 4. The van der Waals surface area contributed by atoms with Crippen molar-refractivity contribution in [3.8, 4) is 0 Å². The van der Waals surface area contributed by atoms with Gasteiger partial charge in [0.25, 0.3) is 0 Å². The highest BCUT2D eigenvalue weighted by molar-refractivity contribution is 5.99. The molecule has 4 nitrogen and oxygen atoms in total. The molecule has 0 unspecified atom stereocenters. The summed E-state index contributed by atoms with van der Waals surface area (Å²) in [7, 11) is 1.91. The lowest BCUT2D eigenvalue weighted by Crippen LogP contribution is -2.03. The summed E-state index contributed by atoms with van der Waals surface area (Å²) in [6.07, 6.45) is 0.474. The largest absolute Gasteiger partial charge is 0.388 e. The Balaban J connectivity index is 1.66.